The van der Waals surface area contributed by atoms with E-state index in [4.69, 9.17) is 13.9 Å². The maximum Gasteiger partial charge on any atom is 0.421 e. The Balaban J connectivity index is 2.07. The fourth-order valence-electron chi connectivity index (χ4n) is 1.99. The largest absolute Gasteiger partial charge is 0.475 e. The third-order valence-electron chi connectivity index (χ3n) is 2.98. The molecule has 0 unspecified atom stereocenters. The lowest BCUT2D eigenvalue weighted by molar-refractivity contribution is 0.0661. The van der Waals surface area contributed by atoms with Gasteiger partial charge in [0.2, 0.25) is 5.76 Å². The molecule has 102 valence electrons. The van der Waals surface area contributed by atoms with Crippen molar-refractivity contribution in [3.8, 4) is 0 Å². The molecule has 0 amide bonds. The number of hydrogen-bond acceptors (Lipinski definition) is 5. The Labute approximate surface area is 112 Å². The van der Waals surface area contributed by atoms with E-state index in [9.17, 15) is 9.59 Å². The van der Waals surface area contributed by atoms with Gasteiger partial charge in [0.25, 0.3) is 0 Å². The van der Waals surface area contributed by atoms with Crippen molar-refractivity contribution < 1.29 is 18.7 Å². The molecule has 20 heavy (non-hydrogen) atoms. The van der Waals surface area contributed by atoms with E-state index in [-0.39, 0.29) is 12.3 Å². The first-order chi connectivity index (χ1) is 9.56. The van der Waals surface area contributed by atoms with E-state index in [0.29, 0.717) is 22.6 Å². The highest BCUT2D eigenvalue weighted by molar-refractivity contribution is 5.84. The van der Waals surface area contributed by atoms with E-state index >= 15 is 0 Å². The molecular weight excluding hydrogens is 264 g/mol. The molecule has 3 heterocycles. The van der Waals surface area contributed by atoms with Crippen LogP contribution in [0.3, 0.4) is 0 Å². The molecule has 3 aromatic heterocycles. The molecule has 0 aliphatic heterocycles. The van der Waals surface area contributed by atoms with E-state index in [2.05, 4.69) is 4.98 Å². The SMILES string of the molecule is Cc1oc(C(=O)O)cc1Cn1c(=O)oc2cccnc21. The smallest absolute Gasteiger partial charge is 0.421 e. The molecule has 0 fully saturated rings. The second-order valence-electron chi connectivity index (χ2n) is 4.28. The van der Waals surface area contributed by atoms with Gasteiger partial charge < -0.3 is 13.9 Å². The minimum Gasteiger partial charge on any atom is -0.475 e. The highest BCUT2D eigenvalue weighted by Crippen LogP contribution is 2.17. The first kappa shape index (κ1) is 12.2. The van der Waals surface area contributed by atoms with E-state index in [1.165, 1.54) is 10.6 Å². The average Bonchev–Trinajstić information content (AvgIpc) is 2.92. The molecule has 0 atom stereocenters. The molecule has 0 aliphatic carbocycles. The molecule has 0 radical (unpaired) electrons. The highest BCUT2D eigenvalue weighted by Gasteiger charge is 2.16. The summed E-state index contributed by atoms with van der Waals surface area (Å²) in [6.07, 6.45) is 1.55. The Bertz CT molecular complexity index is 855. The Morgan fingerprint density at radius 2 is 2.25 bits per heavy atom. The van der Waals surface area contributed by atoms with Gasteiger partial charge >= 0.3 is 11.7 Å². The first-order valence-electron chi connectivity index (χ1n) is 5.83. The molecule has 0 aromatic carbocycles. The van der Waals surface area contributed by atoms with Crippen molar-refractivity contribution in [1.29, 1.82) is 0 Å². The molecular formula is C13H10N2O5. The standard InChI is InChI=1S/C13H10N2O5/c1-7-8(5-10(19-7)12(16)17)6-15-11-9(20-13(15)18)3-2-4-14-11/h2-5H,6H2,1H3,(H,16,17). The van der Waals surface area contributed by atoms with Gasteiger partial charge in [-0.25, -0.2) is 14.6 Å². The molecule has 0 aliphatic rings. The molecule has 0 saturated carbocycles. The summed E-state index contributed by atoms with van der Waals surface area (Å²) in [5.74, 6) is -1.41. The zero-order valence-corrected chi connectivity index (χ0v) is 10.5. The summed E-state index contributed by atoms with van der Waals surface area (Å²) < 4.78 is 11.5. The molecule has 0 bridgehead atoms. The Hall–Kier alpha value is -2.83. The highest BCUT2D eigenvalue weighted by atomic mass is 16.4. The summed E-state index contributed by atoms with van der Waals surface area (Å²) in [6, 6.07) is 4.71. The molecule has 3 rings (SSSR count). The number of hydrogen-bond donors (Lipinski definition) is 1. The van der Waals surface area contributed by atoms with Gasteiger partial charge in [-0.15, -0.1) is 0 Å². The van der Waals surface area contributed by atoms with Crippen molar-refractivity contribution in [2.75, 3.05) is 0 Å². The monoisotopic (exact) mass is 274 g/mol. The predicted molar refractivity (Wildman–Crippen MR) is 67.8 cm³/mol. The minimum absolute atomic E-state index is 0.144. The van der Waals surface area contributed by atoms with Crippen LogP contribution in [0.15, 0.2) is 38.0 Å². The van der Waals surface area contributed by atoms with Crippen LogP contribution in [-0.2, 0) is 6.54 Å². The van der Waals surface area contributed by atoms with Crippen LogP contribution in [0.5, 0.6) is 0 Å². The summed E-state index contributed by atoms with van der Waals surface area (Å²) in [7, 11) is 0. The van der Waals surface area contributed by atoms with Crippen molar-refractivity contribution >= 4 is 17.2 Å². The Morgan fingerprint density at radius 3 is 2.95 bits per heavy atom. The van der Waals surface area contributed by atoms with Gasteiger partial charge in [-0.2, -0.15) is 0 Å². The van der Waals surface area contributed by atoms with Crippen molar-refractivity contribution in [3.05, 3.63) is 52.0 Å². The van der Waals surface area contributed by atoms with E-state index < -0.39 is 11.7 Å². The van der Waals surface area contributed by atoms with Crippen LogP contribution in [0.2, 0.25) is 0 Å². The fourth-order valence-corrected chi connectivity index (χ4v) is 1.99. The summed E-state index contributed by atoms with van der Waals surface area (Å²) in [6.45, 7) is 1.79. The van der Waals surface area contributed by atoms with Crippen LogP contribution >= 0.6 is 0 Å². The summed E-state index contributed by atoms with van der Waals surface area (Å²) in [5, 5.41) is 8.88. The molecule has 0 spiro atoms. The lowest BCUT2D eigenvalue weighted by Gasteiger charge is -1.99. The second-order valence-corrected chi connectivity index (χ2v) is 4.28. The number of furan rings is 1. The second kappa shape index (κ2) is 4.37. The van der Waals surface area contributed by atoms with Crippen molar-refractivity contribution in [2.45, 2.75) is 13.5 Å². The number of pyridine rings is 1. The minimum atomic E-state index is -1.15. The molecule has 7 nitrogen and oxygen atoms in total. The van der Waals surface area contributed by atoms with Gasteiger partial charge in [-0.1, -0.05) is 0 Å². The van der Waals surface area contributed by atoms with Gasteiger partial charge in [0.05, 0.1) is 6.54 Å². The summed E-state index contributed by atoms with van der Waals surface area (Å²) in [4.78, 5) is 26.8. The number of aromatic nitrogens is 2. The van der Waals surface area contributed by atoms with Crippen LogP contribution in [0.4, 0.5) is 0 Å². The molecule has 0 saturated heterocycles. The number of nitrogens with zero attached hydrogens (tertiary/aromatic N) is 2. The number of rotatable bonds is 3. The van der Waals surface area contributed by atoms with Crippen LogP contribution in [0.1, 0.15) is 21.9 Å². The zero-order chi connectivity index (χ0) is 14.3. The van der Waals surface area contributed by atoms with Gasteiger partial charge in [-0.05, 0) is 25.1 Å². The van der Waals surface area contributed by atoms with Crippen LogP contribution < -0.4 is 5.76 Å². The number of fused-ring (bicyclic) bond motifs is 1. The maximum absolute atomic E-state index is 11.8. The van der Waals surface area contributed by atoms with Crippen molar-refractivity contribution in [2.24, 2.45) is 0 Å². The van der Waals surface area contributed by atoms with Gasteiger partial charge in [0, 0.05) is 11.8 Å². The van der Waals surface area contributed by atoms with Crippen LogP contribution in [0.25, 0.3) is 11.2 Å². The lowest BCUT2D eigenvalue weighted by Crippen LogP contribution is -2.15. The Morgan fingerprint density at radius 1 is 1.45 bits per heavy atom. The number of aromatic carboxylic acids is 1. The van der Waals surface area contributed by atoms with E-state index in [1.54, 1.807) is 25.3 Å². The maximum atomic E-state index is 11.8. The van der Waals surface area contributed by atoms with Crippen molar-refractivity contribution in [1.82, 2.24) is 9.55 Å². The number of oxazole rings is 1. The average molecular weight is 274 g/mol. The number of aryl methyl sites for hydroxylation is 1. The topological polar surface area (TPSA) is 98.5 Å². The fraction of sp³-hybridized carbons (Fsp3) is 0.154. The quantitative estimate of drug-likeness (QED) is 0.779. The van der Waals surface area contributed by atoms with E-state index in [1.807, 2.05) is 0 Å². The van der Waals surface area contributed by atoms with Gasteiger partial charge in [-0.3, -0.25) is 4.57 Å². The predicted octanol–water partition coefficient (Wildman–Crippen LogP) is 1.64. The van der Waals surface area contributed by atoms with Crippen molar-refractivity contribution in [3.63, 3.8) is 0 Å². The normalized spacial score (nSPS) is 11.1. The number of carboxylic acids is 1. The van der Waals surface area contributed by atoms with Crippen LogP contribution in [0, 0.1) is 6.92 Å². The van der Waals surface area contributed by atoms with Gasteiger partial charge in [0.1, 0.15) is 5.76 Å². The molecule has 3 aromatic rings. The zero-order valence-electron chi connectivity index (χ0n) is 10.5. The Kier molecular flexibility index (Phi) is 2.67. The summed E-state index contributed by atoms with van der Waals surface area (Å²) >= 11 is 0. The first-order valence-corrected chi connectivity index (χ1v) is 5.83. The third-order valence-corrected chi connectivity index (χ3v) is 2.98. The summed E-state index contributed by atoms with van der Waals surface area (Å²) in [5.41, 5.74) is 1.39. The van der Waals surface area contributed by atoms with Gasteiger partial charge in [0.15, 0.2) is 11.2 Å². The van der Waals surface area contributed by atoms with Crippen LogP contribution in [-0.4, -0.2) is 20.6 Å². The lowest BCUT2D eigenvalue weighted by atomic mass is 10.2. The molecule has 7 heteroatoms. The molecule has 1 N–H and O–H groups in total. The number of carboxylic acid groups (broad SMARTS) is 1. The van der Waals surface area contributed by atoms with E-state index in [0.717, 1.165) is 0 Å². The number of carbonyl (C=O) groups is 1. The third kappa shape index (κ3) is 1.89.